The van der Waals surface area contributed by atoms with Crippen molar-refractivity contribution in [1.82, 2.24) is 9.80 Å². The first-order chi connectivity index (χ1) is 12.6. The number of hydrogen-bond donors (Lipinski definition) is 0. The van der Waals surface area contributed by atoms with Crippen LogP contribution < -0.4 is 0 Å². The smallest absolute Gasteiger partial charge is 0.243 e. The molecule has 4 rings (SSSR count). The molecule has 3 heterocycles. The summed E-state index contributed by atoms with van der Waals surface area (Å²) in [5.41, 5.74) is -1.35. The summed E-state index contributed by atoms with van der Waals surface area (Å²) in [5, 5.41) is 9.67. The molecule has 4 fully saturated rings. The Balaban J connectivity index is 1.45. The quantitative estimate of drug-likeness (QED) is 0.772. The van der Waals surface area contributed by atoms with E-state index in [-0.39, 0.29) is 11.8 Å². The maximum Gasteiger partial charge on any atom is 0.243 e. The number of nitriles is 1. The molecular weight excluding hydrogens is 330 g/mol. The van der Waals surface area contributed by atoms with E-state index in [2.05, 4.69) is 11.0 Å². The molecule has 1 aliphatic carbocycles. The molecule has 0 aromatic rings. The summed E-state index contributed by atoms with van der Waals surface area (Å²) < 4.78 is 5.35. The summed E-state index contributed by atoms with van der Waals surface area (Å²) >= 11 is 0. The number of likely N-dealkylation sites (tertiary alicyclic amines) is 2. The number of hydrogen-bond acceptors (Lipinski definition) is 4. The van der Waals surface area contributed by atoms with Gasteiger partial charge in [-0.1, -0.05) is 6.42 Å². The second kappa shape index (κ2) is 6.84. The number of piperidine rings is 1. The Morgan fingerprint density at radius 2 is 1.92 bits per heavy atom. The average Bonchev–Trinajstić information content (AvgIpc) is 3.06. The van der Waals surface area contributed by atoms with Crippen molar-refractivity contribution in [3.8, 4) is 6.07 Å². The molecule has 0 unspecified atom stereocenters. The normalized spacial score (nSPS) is 31.7. The molecule has 6 heteroatoms. The van der Waals surface area contributed by atoms with E-state index in [1.807, 2.05) is 0 Å². The molecule has 26 heavy (non-hydrogen) atoms. The van der Waals surface area contributed by atoms with Crippen molar-refractivity contribution in [3.05, 3.63) is 0 Å². The van der Waals surface area contributed by atoms with Crippen LogP contribution in [0.5, 0.6) is 0 Å². The Hall–Kier alpha value is -1.61. The third kappa shape index (κ3) is 2.90. The minimum absolute atomic E-state index is 0.0795. The maximum absolute atomic E-state index is 13.2. The first-order valence-corrected chi connectivity index (χ1v) is 10.2. The van der Waals surface area contributed by atoms with Gasteiger partial charge in [-0.2, -0.15) is 5.26 Å². The fourth-order valence-corrected chi connectivity index (χ4v) is 5.13. The number of ether oxygens (including phenoxy) is 1. The van der Waals surface area contributed by atoms with Crippen LogP contribution in [-0.2, 0) is 14.3 Å². The lowest BCUT2D eigenvalue weighted by Gasteiger charge is -2.42. The van der Waals surface area contributed by atoms with Crippen molar-refractivity contribution >= 4 is 11.8 Å². The predicted octanol–water partition coefficient (Wildman–Crippen LogP) is 1.95. The standard InChI is InChI=1S/C20H29N3O3/c21-14-19(7-11-26-12-8-19)17(24)23-10-6-20(15-23)5-2-9-22(18(20)25)13-16-3-1-4-16/h16H,1-13,15H2/t20-/m1/s1. The van der Waals surface area contributed by atoms with Gasteiger partial charge < -0.3 is 14.5 Å². The van der Waals surface area contributed by atoms with Crippen molar-refractivity contribution in [2.75, 3.05) is 39.4 Å². The Labute approximate surface area is 155 Å². The molecule has 0 aromatic carbocycles. The van der Waals surface area contributed by atoms with E-state index in [4.69, 9.17) is 4.74 Å². The van der Waals surface area contributed by atoms with Gasteiger partial charge in [0.25, 0.3) is 0 Å². The summed E-state index contributed by atoms with van der Waals surface area (Å²) in [5.74, 6) is 0.852. The van der Waals surface area contributed by atoms with Crippen molar-refractivity contribution < 1.29 is 14.3 Å². The number of carbonyl (C=O) groups is 2. The van der Waals surface area contributed by atoms with Crippen LogP contribution in [-0.4, -0.2) is 61.0 Å². The van der Waals surface area contributed by atoms with E-state index in [1.165, 1.54) is 19.3 Å². The number of carbonyl (C=O) groups excluding carboxylic acids is 2. The molecule has 0 aromatic heterocycles. The highest BCUT2D eigenvalue weighted by Crippen LogP contribution is 2.43. The van der Waals surface area contributed by atoms with Crippen LogP contribution in [0, 0.1) is 28.1 Å². The van der Waals surface area contributed by atoms with Gasteiger partial charge in [0.2, 0.25) is 11.8 Å². The summed E-state index contributed by atoms with van der Waals surface area (Å²) in [6, 6.07) is 2.28. The average molecular weight is 359 g/mol. The maximum atomic E-state index is 13.2. The highest BCUT2D eigenvalue weighted by molar-refractivity contribution is 5.89. The highest BCUT2D eigenvalue weighted by Gasteiger charge is 2.53. The summed E-state index contributed by atoms with van der Waals surface area (Å²) in [7, 11) is 0. The van der Waals surface area contributed by atoms with Crippen LogP contribution in [0.25, 0.3) is 0 Å². The lowest BCUT2D eigenvalue weighted by atomic mass is 9.76. The Bertz CT molecular complexity index is 618. The van der Waals surface area contributed by atoms with Crippen LogP contribution in [0.15, 0.2) is 0 Å². The summed E-state index contributed by atoms with van der Waals surface area (Å²) in [6.45, 7) is 3.79. The molecule has 1 atom stereocenters. The monoisotopic (exact) mass is 359 g/mol. The molecule has 3 saturated heterocycles. The van der Waals surface area contributed by atoms with Gasteiger partial charge in [0.15, 0.2) is 0 Å². The molecule has 3 aliphatic heterocycles. The topological polar surface area (TPSA) is 73.6 Å². The zero-order chi connectivity index (χ0) is 18.2. The van der Waals surface area contributed by atoms with E-state index in [9.17, 15) is 14.9 Å². The number of amides is 2. The van der Waals surface area contributed by atoms with Gasteiger partial charge in [-0.15, -0.1) is 0 Å². The van der Waals surface area contributed by atoms with Crippen LogP contribution in [0.2, 0.25) is 0 Å². The second-order valence-electron chi connectivity index (χ2n) is 8.71. The van der Waals surface area contributed by atoms with E-state index in [0.29, 0.717) is 45.1 Å². The zero-order valence-corrected chi connectivity index (χ0v) is 15.5. The molecule has 1 saturated carbocycles. The van der Waals surface area contributed by atoms with E-state index >= 15 is 0 Å². The minimum Gasteiger partial charge on any atom is -0.381 e. The van der Waals surface area contributed by atoms with E-state index in [0.717, 1.165) is 32.4 Å². The van der Waals surface area contributed by atoms with Crippen LogP contribution in [0.4, 0.5) is 0 Å². The predicted molar refractivity (Wildman–Crippen MR) is 94.9 cm³/mol. The largest absolute Gasteiger partial charge is 0.381 e. The van der Waals surface area contributed by atoms with Crippen molar-refractivity contribution in [2.45, 2.75) is 51.4 Å². The third-order valence-corrected chi connectivity index (χ3v) is 7.14. The Morgan fingerprint density at radius 3 is 2.58 bits per heavy atom. The van der Waals surface area contributed by atoms with Crippen LogP contribution in [0.3, 0.4) is 0 Å². The minimum atomic E-state index is -0.951. The second-order valence-corrected chi connectivity index (χ2v) is 8.71. The Kier molecular flexibility index (Phi) is 4.68. The fraction of sp³-hybridized carbons (Fsp3) is 0.850. The van der Waals surface area contributed by atoms with Crippen LogP contribution in [0.1, 0.15) is 51.4 Å². The molecule has 2 amide bonds. The Morgan fingerprint density at radius 1 is 1.15 bits per heavy atom. The van der Waals surface area contributed by atoms with Gasteiger partial charge in [0.1, 0.15) is 5.41 Å². The molecule has 4 aliphatic rings. The van der Waals surface area contributed by atoms with Crippen molar-refractivity contribution in [2.24, 2.45) is 16.7 Å². The number of rotatable bonds is 3. The first kappa shape index (κ1) is 17.8. The molecule has 0 N–H and O–H groups in total. The molecule has 142 valence electrons. The molecule has 0 radical (unpaired) electrons. The number of nitrogens with zero attached hydrogens (tertiary/aromatic N) is 3. The zero-order valence-electron chi connectivity index (χ0n) is 15.5. The lowest BCUT2D eigenvalue weighted by molar-refractivity contribution is -0.149. The van der Waals surface area contributed by atoms with Gasteiger partial charge in [0.05, 0.1) is 11.5 Å². The SMILES string of the molecule is N#CC1(C(=O)N2CC[C@]3(CCCN(CC4CCC4)C3=O)C2)CCOCC1. The van der Waals surface area contributed by atoms with Crippen LogP contribution >= 0.6 is 0 Å². The fourth-order valence-electron chi connectivity index (χ4n) is 5.13. The van der Waals surface area contributed by atoms with Gasteiger partial charge in [-0.25, -0.2) is 0 Å². The molecular formula is C20H29N3O3. The lowest BCUT2D eigenvalue weighted by Crippen LogP contribution is -2.53. The van der Waals surface area contributed by atoms with Gasteiger partial charge in [0, 0.05) is 39.4 Å². The summed E-state index contributed by atoms with van der Waals surface area (Å²) in [4.78, 5) is 30.2. The molecule has 6 nitrogen and oxygen atoms in total. The summed E-state index contributed by atoms with van der Waals surface area (Å²) in [6.07, 6.45) is 7.36. The van der Waals surface area contributed by atoms with Gasteiger partial charge >= 0.3 is 0 Å². The van der Waals surface area contributed by atoms with Crippen molar-refractivity contribution in [1.29, 1.82) is 5.26 Å². The third-order valence-electron chi connectivity index (χ3n) is 7.14. The van der Waals surface area contributed by atoms with Gasteiger partial charge in [-0.3, -0.25) is 9.59 Å². The van der Waals surface area contributed by atoms with Crippen molar-refractivity contribution in [3.63, 3.8) is 0 Å². The van der Waals surface area contributed by atoms with Gasteiger partial charge in [-0.05, 0) is 50.9 Å². The first-order valence-electron chi connectivity index (χ1n) is 10.2. The van der Waals surface area contributed by atoms with E-state index < -0.39 is 10.8 Å². The highest BCUT2D eigenvalue weighted by atomic mass is 16.5. The molecule has 1 spiro atoms. The van der Waals surface area contributed by atoms with E-state index in [1.54, 1.807) is 4.90 Å². The molecule has 0 bridgehead atoms.